The Morgan fingerprint density at radius 1 is 1.53 bits per heavy atom. The van der Waals surface area contributed by atoms with E-state index in [-0.39, 0.29) is 0 Å². The Bertz CT molecular complexity index is 339. The fraction of sp³-hybridized carbons (Fsp3) is 0.833. The molecule has 96 valence electrons. The van der Waals surface area contributed by atoms with Crippen LogP contribution in [0.3, 0.4) is 0 Å². The van der Waals surface area contributed by atoms with E-state index in [0.717, 1.165) is 37.5 Å². The summed E-state index contributed by atoms with van der Waals surface area (Å²) in [5.74, 6) is 1.64. The first kappa shape index (κ1) is 12.5. The lowest BCUT2D eigenvalue weighted by Gasteiger charge is -2.16. The first-order valence-corrected chi connectivity index (χ1v) is 6.46. The third kappa shape index (κ3) is 3.51. The summed E-state index contributed by atoms with van der Waals surface area (Å²) < 4.78 is 5.25. The van der Waals surface area contributed by atoms with Gasteiger partial charge in [-0.2, -0.15) is 4.98 Å². The quantitative estimate of drug-likeness (QED) is 0.745. The van der Waals surface area contributed by atoms with Crippen LogP contribution >= 0.6 is 0 Å². The van der Waals surface area contributed by atoms with E-state index in [1.54, 1.807) is 0 Å². The van der Waals surface area contributed by atoms with Gasteiger partial charge in [-0.1, -0.05) is 5.16 Å². The van der Waals surface area contributed by atoms with Crippen LogP contribution in [0.5, 0.6) is 0 Å². The molecule has 0 aliphatic carbocycles. The molecule has 2 rings (SSSR count). The molecule has 1 N–H and O–H groups in total. The Hall–Kier alpha value is -0.940. The van der Waals surface area contributed by atoms with Gasteiger partial charge in [-0.15, -0.1) is 0 Å². The van der Waals surface area contributed by atoms with Gasteiger partial charge in [0.15, 0.2) is 5.82 Å². The largest absolute Gasteiger partial charge is 0.339 e. The zero-order valence-corrected chi connectivity index (χ0v) is 10.8. The van der Waals surface area contributed by atoms with Crippen molar-refractivity contribution in [2.75, 3.05) is 27.2 Å². The van der Waals surface area contributed by atoms with E-state index in [0.29, 0.717) is 6.04 Å². The predicted molar refractivity (Wildman–Crippen MR) is 65.9 cm³/mol. The minimum atomic E-state index is 0.595. The molecule has 1 aromatic heterocycles. The summed E-state index contributed by atoms with van der Waals surface area (Å²) in [5, 5.41) is 7.17. The molecule has 5 heteroatoms. The molecule has 1 unspecified atom stereocenters. The normalized spacial score (nSPS) is 21.2. The predicted octanol–water partition coefficient (Wildman–Crippen LogP) is 0.858. The average molecular weight is 238 g/mol. The number of nitrogens with one attached hydrogen (secondary N) is 1. The van der Waals surface area contributed by atoms with Gasteiger partial charge in [0.25, 0.3) is 0 Å². The number of likely N-dealkylation sites (N-methyl/N-ethyl adjacent to an activating group) is 1. The molecule has 0 aromatic carbocycles. The van der Waals surface area contributed by atoms with Crippen molar-refractivity contribution in [1.29, 1.82) is 0 Å². The summed E-state index contributed by atoms with van der Waals surface area (Å²) in [6, 6.07) is 0.595. The summed E-state index contributed by atoms with van der Waals surface area (Å²) in [6.45, 7) is 2.18. The second-order valence-corrected chi connectivity index (χ2v) is 4.79. The minimum absolute atomic E-state index is 0.595. The highest BCUT2D eigenvalue weighted by Gasteiger charge is 2.22. The number of aryl methyl sites for hydroxylation is 1. The molecular weight excluding hydrogens is 216 g/mol. The van der Waals surface area contributed by atoms with Crippen LogP contribution in [0.2, 0.25) is 0 Å². The molecular formula is C12H22N4O. The van der Waals surface area contributed by atoms with Gasteiger partial charge < -0.3 is 14.7 Å². The third-order valence-electron chi connectivity index (χ3n) is 3.42. The molecule has 2 heterocycles. The fourth-order valence-corrected chi connectivity index (χ4v) is 2.34. The summed E-state index contributed by atoms with van der Waals surface area (Å²) in [7, 11) is 4.13. The Kier molecular flexibility index (Phi) is 4.50. The van der Waals surface area contributed by atoms with Crippen molar-refractivity contribution in [2.24, 2.45) is 0 Å². The molecule has 1 saturated heterocycles. The maximum Gasteiger partial charge on any atom is 0.226 e. The van der Waals surface area contributed by atoms with E-state index in [2.05, 4.69) is 27.4 Å². The molecule has 17 heavy (non-hydrogen) atoms. The molecule has 0 amide bonds. The number of nitrogens with zero attached hydrogens (tertiary/aromatic N) is 3. The summed E-state index contributed by atoms with van der Waals surface area (Å²) in [4.78, 5) is 6.83. The molecule has 1 aromatic rings. The van der Waals surface area contributed by atoms with Crippen LogP contribution in [0, 0.1) is 0 Å². The van der Waals surface area contributed by atoms with Crippen molar-refractivity contribution < 1.29 is 4.52 Å². The topological polar surface area (TPSA) is 54.2 Å². The lowest BCUT2D eigenvalue weighted by molar-refractivity contribution is 0.301. The van der Waals surface area contributed by atoms with Gasteiger partial charge in [-0.25, -0.2) is 0 Å². The second kappa shape index (κ2) is 6.12. The highest BCUT2D eigenvalue weighted by molar-refractivity contribution is 4.92. The molecule has 1 aliphatic rings. The van der Waals surface area contributed by atoms with Gasteiger partial charge in [0.2, 0.25) is 5.89 Å². The van der Waals surface area contributed by atoms with Gasteiger partial charge in [0.05, 0.1) is 0 Å². The van der Waals surface area contributed by atoms with E-state index in [4.69, 9.17) is 4.52 Å². The Morgan fingerprint density at radius 2 is 2.41 bits per heavy atom. The van der Waals surface area contributed by atoms with E-state index >= 15 is 0 Å². The standard InChI is InChI=1S/C12H22N4O/c1-13-7-3-6-12-14-11(15-17-12)9-10-5-4-8-16(10)2/h10,13H,3-9H2,1-2H3. The number of aromatic nitrogens is 2. The lowest BCUT2D eigenvalue weighted by atomic mass is 10.1. The Morgan fingerprint density at radius 3 is 3.12 bits per heavy atom. The summed E-state index contributed by atoms with van der Waals surface area (Å²) >= 11 is 0. The SMILES string of the molecule is CNCCCc1nc(CC2CCCN2C)no1. The third-order valence-corrected chi connectivity index (χ3v) is 3.42. The Labute approximate surface area is 103 Å². The number of hydrogen-bond acceptors (Lipinski definition) is 5. The molecule has 1 aliphatic heterocycles. The molecule has 0 bridgehead atoms. The van der Waals surface area contributed by atoms with Gasteiger partial charge in [-0.3, -0.25) is 0 Å². The van der Waals surface area contributed by atoms with E-state index in [1.807, 2.05) is 7.05 Å². The van der Waals surface area contributed by atoms with E-state index in [9.17, 15) is 0 Å². The van der Waals surface area contributed by atoms with Crippen molar-refractivity contribution >= 4 is 0 Å². The van der Waals surface area contributed by atoms with Crippen molar-refractivity contribution in [3.8, 4) is 0 Å². The Balaban J connectivity index is 1.81. The van der Waals surface area contributed by atoms with E-state index < -0.39 is 0 Å². The van der Waals surface area contributed by atoms with Gasteiger partial charge in [0, 0.05) is 18.9 Å². The van der Waals surface area contributed by atoms with Crippen molar-refractivity contribution in [2.45, 2.75) is 38.1 Å². The van der Waals surface area contributed by atoms with Gasteiger partial charge >= 0.3 is 0 Å². The fourth-order valence-electron chi connectivity index (χ4n) is 2.34. The first-order chi connectivity index (χ1) is 8.29. The molecule has 1 fully saturated rings. The van der Waals surface area contributed by atoms with Crippen LogP contribution in [-0.4, -0.2) is 48.3 Å². The van der Waals surface area contributed by atoms with Gasteiger partial charge in [0.1, 0.15) is 0 Å². The van der Waals surface area contributed by atoms with Crippen molar-refractivity contribution in [3.63, 3.8) is 0 Å². The minimum Gasteiger partial charge on any atom is -0.339 e. The number of rotatable bonds is 6. The van der Waals surface area contributed by atoms with Crippen LogP contribution < -0.4 is 5.32 Å². The molecule has 0 saturated carbocycles. The van der Waals surface area contributed by atoms with Crippen LogP contribution in [0.1, 0.15) is 31.0 Å². The van der Waals surface area contributed by atoms with Crippen LogP contribution in [0.25, 0.3) is 0 Å². The highest BCUT2D eigenvalue weighted by atomic mass is 16.5. The smallest absolute Gasteiger partial charge is 0.226 e. The highest BCUT2D eigenvalue weighted by Crippen LogP contribution is 2.18. The van der Waals surface area contributed by atoms with Gasteiger partial charge in [-0.05, 0) is 46.4 Å². The van der Waals surface area contributed by atoms with Crippen LogP contribution in [0.4, 0.5) is 0 Å². The number of likely N-dealkylation sites (tertiary alicyclic amines) is 1. The van der Waals surface area contributed by atoms with Crippen molar-refractivity contribution in [3.05, 3.63) is 11.7 Å². The maximum absolute atomic E-state index is 5.25. The molecule has 0 radical (unpaired) electrons. The molecule has 1 atom stereocenters. The monoisotopic (exact) mass is 238 g/mol. The van der Waals surface area contributed by atoms with Crippen molar-refractivity contribution in [1.82, 2.24) is 20.4 Å². The first-order valence-electron chi connectivity index (χ1n) is 6.46. The van der Waals surface area contributed by atoms with Crippen LogP contribution in [-0.2, 0) is 12.8 Å². The summed E-state index contributed by atoms with van der Waals surface area (Å²) in [5.41, 5.74) is 0. The second-order valence-electron chi connectivity index (χ2n) is 4.79. The number of hydrogen-bond donors (Lipinski definition) is 1. The zero-order valence-electron chi connectivity index (χ0n) is 10.8. The van der Waals surface area contributed by atoms with Crippen LogP contribution in [0.15, 0.2) is 4.52 Å². The zero-order chi connectivity index (χ0) is 12.1. The summed E-state index contributed by atoms with van der Waals surface area (Å²) in [6.07, 6.45) is 5.37. The average Bonchev–Trinajstić information content (AvgIpc) is 2.91. The maximum atomic E-state index is 5.25. The lowest BCUT2D eigenvalue weighted by Crippen LogP contribution is -2.27. The van der Waals surface area contributed by atoms with E-state index in [1.165, 1.54) is 19.4 Å². The molecule has 5 nitrogen and oxygen atoms in total. The molecule has 0 spiro atoms.